The number of amides is 3. The monoisotopic (exact) mass is 471 g/mol. The second-order valence-corrected chi connectivity index (χ2v) is 9.18. The maximum atomic E-state index is 12.9. The van der Waals surface area contributed by atoms with Crippen molar-refractivity contribution in [3.8, 4) is 5.75 Å². The number of aromatic nitrogens is 2. The molecule has 0 spiro atoms. The summed E-state index contributed by atoms with van der Waals surface area (Å²) in [5.41, 5.74) is 2.97. The van der Waals surface area contributed by atoms with E-state index in [0.29, 0.717) is 29.4 Å². The van der Waals surface area contributed by atoms with Crippen molar-refractivity contribution in [3.05, 3.63) is 83.9 Å². The molecule has 2 heterocycles. The van der Waals surface area contributed by atoms with Crippen molar-refractivity contribution in [1.82, 2.24) is 15.3 Å². The molecular weight excluding hydrogens is 442 g/mol. The number of hydrogen-bond donors (Lipinski definition) is 4. The van der Waals surface area contributed by atoms with E-state index in [4.69, 9.17) is 4.74 Å². The van der Waals surface area contributed by atoms with Crippen molar-refractivity contribution in [2.45, 2.75) is 32.8 Å². The van der Waals surface area contributed by atoms with E-state index in [9.17, 15) is 9.59 Å². The Morgan fingerprint density at radius 2 is 1.63 bits per heavy atom. The molecule has 0 unspecified atom stereocenters. The summed E-state index contributed by atoms with van der Waals surface area (Å²) >= 11 is 0. The lowest BCUT2D eigenvalue weighted by Gasteiger charge is -2.15. The molecule has 0 aliphatic carbocycles. The van der Waals surface area contributed by atoms with Gasteiger partial charge in [0, 0.05) is 41.3 Å². The van der Waals surface area contributed by atoms with Crippen LogP contribution in [0.1, 0.15) is 42.5 Å². The summed E-state index contributed by atoms with van der Waals surface area (Å²) in [6.45, 7) is 6.49. The molecular formula is C27H29N5O3. The zero-order valence-corrected chi connectivity index (χ0v) is 20.2. The summed E-state index contributed by atoms with van der Waals surface area (Å²) in [7, 11) is 1.55. The number of benzene rings is 2. The number of carbonyl (C=O) groups is 2. The lowest BCUT2D eigenvalue weighted by Crippen LogP contribution is -2.24. The van der Waals surface area contributed by atoms with Crippen LogP contribution in [0.5, 0.6) is 5.75 Å². The van der Waals surface area contributed by atoms with Gasteiger partial charge in [0.15, 0.2) is 0 Å². The number of pyridine rings is 1. The first-order chi connectivity index (χ1) is 16.8. The fourth-order valence-electron chi connectivity index (χ4n) is 3.68. The van der Waals surface area contributed by atoms with E-state index in [0.717, 1.165) is 22.0 Å². The van der Waals surface area contributed by atoms with E-state index in [1.165, 1.54) is 0 Å². The van der Waals surface area contributed by atoms with E-state index >= 15 is 0 Å². The zero-order valence-electron chi connectivity index (χ0n) is 20.2. The summed E-state index contributed by atoms with van der Waals surface area (Å²) in [4.78, 5) is 32.5. The summed E-state index contributed by atoms with van der Waals surface area (Å²) in [6.07, 6.45) is 3.46. The number of fused-ring (bicyclic) bond motifs is 1. The van der Waals surface area contributed by atoms with E-state index < -0.39 is 6.03 Å². The van der Waals surface area contributed by atoms with Gasteiger partial charge < -0.3 is 25.7 Å². The Hall–Kier alpha value is -4.33. The van der Waals surface area contributed by atoms with Crippen LogP contribution in [0, 0.1) is 0 Å². The SMILES string of the molecule is CNC(=O)c1[nH]c(C(C)(C)C)cc1NC(=O)Nc1ccc(OCc2ccncc2)c2ccccc12. The Morgan fingerprint density at radius 1 is 0.943 bits per heavy atom. The maximum absolute atomic E-state index is 12.9. The number of carbonyl (C=O) groups excluding carboxylic acids is 2. The number of urea groups is 1. The van der Waals surface area contributed by atoms with E-state index in [-0.39, 0.29) is 11.3 Å². The van der Waals surface area contributed by atoms with Crippen molar-refractivity contribution in [1.29, 1.82) is 0 Å². The van der Waals surface area contributed by atoms with Crippen molar-refractivity contribution in [3.63, 3.8) is 0 Å². The van der Waals surface area contributed by atoms with E-state index in [1.807, 2.05) is 63.2 Å². The minimum atomic E-state index is -0.454. The van der Waals surface area contributed by atoms with Gasteiger partial charge in [-0.15, -0.1) is 0 Å². The number of ether oxygens (including phenoxy) is 1. The molecule has 0 saturated carbocycles. The second-order valence-electron chi connectivity index (χ2n) is 9.18. The topological polar surface area (TPSA) is 108 Å². The van der Waals surface area contributed by atoms with Gasteiger partial charge in [-0.1, -0.05) is 45.0 Å². The quantitative estimate of drug-likeness (QED) is 0.300. The van der Waals surface area contributed by atoms with Gasteiger partial charge in [0.2, 0.25) is 0 Å². The molecule has 0 aliphatic heterocycles. The molecule has 4 aromatic rings. The maximum Gasteiger partial charge on any atom is 0.323 e. The van der Waals surface area contributed by atoms with Gasteiger partial charge in [0.25, 0.3) is 5.91 Å². The second kappa shape index (κ2) is 9.89. The molecule has 8 nitrogen and oxygen atoms in total. The molecule has 3 amide bonds. The standard InChI is InChI=1S/C27H29N5O3/c1-27(2,3)23-15-21(24(32-23)25(33)28-4)31-26(34)30-20-9-10-22(19-8-6-5-7-18(19)20)35-16-17-11-13-29-14-12-17/h5-15,32H,16H2,1-4H3,(H,28,33)(H2,30,31,34). The molecule has 4 N–H and O–H groups in total. The van der Waals surface area contributed by atoms with Gasteiger partial charge in [0.05, 0.1) is 11.4 Å². The number of nitrogens with zero attached hydrogens (tertiary/aromatic N) is 1. The molecule has 8 heteroatoms. The summed E-state index contributed by atoms with van der Waals surface area (Å²) in [5, 5.41) is 10.0. The molecule has 4 rings (SSSR count). The number of H-pyrrole nitrogens is 1. The number of rotatable bonds is 6. The Bertz CT molecular complexity index is 1360. The van der Waals surface area contributed by atoms with Gasteiger partial charge in [-0.25, -0.2) is 4.79 Å². The Kier molecular flexibility index (Phi) is 6.73. The minimum absolute atomic E-state index is 0.221. The molecule has 0 saturated heterocycles. The third-order valence-electron chi connectivity index (χ3n) is 5.60. The lowest BCUT2D eigenvalue weighted by molar-refractivity contribution is 0.0959. The number of anilines is 2. The predicted molar refractivity (Wildman–Crippen MR) is 138 cm³/mol. The van der Waals surface area contributed by atoms with Gasteiger partial charge >= 0.3 is 6.03 Å². The van der Waals surface area contributed by atoms with Crippen LogP contribution in [0.4, 0.5) is 16.2 Å². The molecule has 0 fully saturated rings. The highest BCUT2D eigenvalue weighted by Gasteiger charge is 2.23. The molecule has 0 aliphatic rings. The molecule has 2 aromatic carbocycles. The molecule has 0 radical (unpaired) electrons. The van der Waals surface area contributed by atoms with Gasteiger partial charge in [-0.2, -0.15) is 0 Å². The van der Waals surface area contributed by atoms with Crippen molar-refractivity contribution in [2.24, 2.45) is 0 Å². The first-order valence-electron chi connectivity index (χ1n) is 11.3. The van der Waals surface area contributed by atoms with Crippen LogP contribution in [0.25, 0.3) is 10.8 Å². The first kappa shape index (κ1) is 23.8. The first-order valence-corrected chi connectivity index (χ1v) is 11.3. The van der Waals surface area contributed by atoms with Gasteiger partial charge in [-0.3, -0.25) is 9.78 Å². The van der Waals surface area contributed by atoms with Crippen LogP contribution < -0.4 is 20.7 Å². The summed E-state index contributed by atoms with van der Waals surface area (Å²) in [5.74, 6) is 0.405. The highest BCUT2D eigenvalue weighted by atomic mass is 16.5. The lowest BCUT2D eigenvalue weighted by atomic mass is 9.92. The molecule has 2 aromatic heterocycles. The molecule has 35 heavy (non-hydrogen) atoms. The Balaban J connectivity index is 1.56. The highest BCUT2D eigenvalue weighted by molar-refractivity contribution is 6.09. The normalized spacial score (nSPS) is 11.2. The number of aromatic amines is 1. The smallest absolute Gasteiger partial charge is 0.323 e. The minimum Gasteiger partial charge on any atom is -0.488 e. The van der Waals surface area contributed by atoms with Crippen LogP contribution in [-0.4, -0.2) is 29.0 Å². The number of nitrogens with one attached hydrogen (secondary N) is 4. The fraction of sp³-hybridized carbons (Fsp3) is 0.222. The average Bonchev–Trinajstić information content (AvgIpc) is 3.28. The number of hydrogen-bond acceptors (Lipinski definition) is 4. The average molecular weight is 472 g/mol. The van der Waals surface area contributed by atoms with Crippen LogP contribution in [0.3, 0.4) is 0 Å². The predicted octanol–water partition coefficient (Wildman–Crippen LogP) is 5.44. The fourth-order valence-corrected chi connectivity index (χ4v) is 3.68. The van der Waals surface area contributed by atoms with E-state index in [2.05, 4.69) is 25.9 Å². The molecule has 0 atom stereocenters. The molecule has 180 valence electrons. The zero-order chi connectivity index (χ0) is 25.0. The van der Waals surface area contributed by atoms with E-state index in [1.54, 1.807) is 31.6 Å². The third-order valence-corrected chi connectivity index (χ3v) is 5.60. The third kappa shape index (κ3) is 5.43. The van der Waals surface area contributed by atoms with Crippen molar-refractivity contribution < 1.29 is 14.3 Å². The van der Waals surface area contributed by atoms with Gasteiger partial charge in [0.1, 0.15) is 18.1 Å². The van der Waals surface area contributed by atoms with Crippen LogP contribution in [0.2, 0.25) is 0 Å². The molecule has 0 bridgehead atoms. The largest absolute Gasteiger partial charge is 0.488 e. The van der Waals surface area contributed by atoms with Gasteiger partial charge in [-0.05, 0) is 35.9 Å². The van der Waals surface area contributed by atoms with Crippen molar-refractivity contribution >= 4 is 34.1 Å². The van der Waals surface area contributed by atoms with Crippen molar-refractivity contribution in [2.75, 3.05) is 17.7 Å². The van der Waals surface area contributed by atoms with Crippen LogP contribution in [0.15, 0.2) is 67.0 Å². The highest BCUT2D eigenvalue weighted by Crippen LogP contribution is 2.33. The summed E-state index contributed by atoms with van der Waals surface area (Å²) in [6, 6.07) is 16.5. The Morgan fingerprint density at radius 3 is 2.31 bits per heavy atom. The Labute approximate surface area is 204 Å². The van der Waals surface area contributed by atoms with Crippen LogP contribution >= 0.6 is 0 Å². The summed E-state index contributed by atoms with van der Waals surface area (Å²) < 4.78 is 6.05. The van der Waals surface area contributed by atoms with Crippen LogP contribution in [-0.2, 0) is 12.0 Å².